The van der Waals surface area contributed by atoms with E-state index < -0.39 is 0 Å². The normalized spacial score (nSPS) is 19.5. The van der Waals surface area contributed by atoms with Gasteiger partial charge in [-0.3, -0.25) is 0 Å². The average molecular weight is 275 g/mol. The summed E-state index contributed by atoms with van der Waals surface area (Å²) in [7, 11) is 2.11. The first-order valence-corrected chi connectivity index (χ1v) is 6.92. The van der Waals surface area contributed by atoms with Gasteiger partial charge in [0.15, 0.2) is 0 Å². The molecule has 0 saturated carbocycles. The molecule has 5 nitrogen and oxygen atoms in total. The van der Waals surface area contributed by atoms with E-state index in [-0.39, 0.29) is 6.10 Å². The van der Waals surface area contributed by atoms with Crippen LogP contribution in [0.25, 0.3) is 0 Å². The molecule has 0 spiro atoms. The summed E-state index contributed by atoms with van der Waals surface area (Å²) in [5.74, 6) is 0.644. The Hall–Kier alpha value is -1.61. The predicted octanol–water partition coefficient (Wildman–Crippen LogP) is 0.857. The maximum atomic E-state index is 8.95. The number of nitrogens with one attached hydrogen (secondary N) is 1. The molecule has 5 heteroatoms. The van der Waals surface area contributed by atoms with Crippen LogP contribution in [-0.2, 0) is 4.74 Å². The highest BCUT2D eigenvalue weighted by atomic mass is 16.5. The summed E-state index contributed by atoms with van der Waals surface area (Å²) in [5, 5.41) is 12.3. The largest absolute Gasteiger partial charge is 0.491 e. The summed E-state index contributed by atoms with van der Waals surface area (Å²) < 4.78 is 11.3. The van der Waals surface area contributed by atoms with E-state index in [1.807, 2.05) is 18.2 Å². The van der Waals surface area contributed by atoms with Gasteiger partial charge in [0, 0.05) is 26.2 Å². The summed E-state index contributed by atoms with van der Waals surface area (Å²) in [6, 6.07) is 9.40. The van der Waals surface area contributed by atoms with Crippen molar-refractivity contribution < 1.29 is 9.47 Å². The minimum Gasteiger partial charge on any atom is -0.491 e. The predicted molar refractivity (Wildman–Crippen MR) is 76.8 cm³/mol. The van der Waals surface area contributed by atoms with Gasteiger partial charge in [0.1, 0.15) is 18.4 Å². The van der Waals surface area contributed by atoms with Crippen molar-refractivity contribution in [2.45, 2.75) is 6.10 Å². The van der Waals surface area contributed by atoms with Gasteiger partial charge >= 0.3 is 0 Å². The summed E-state index contributed by atoms with van der Waals surface area (Å²) >= 11 is 0. The highest BCUT2D eigenvalue weighted by molar-refractivity contribution is 5.42. The van der Waals surface area contributed by atoms with Crippen molar-refractivity contribution in [2.24, 2.45) is 0 Å². The van der Waals surface area contributed by atoms with Crippen molar-refractivity contribution in [3.63, 3.8) is 0 Å². The van der Waals surface area contributed by atoms with Gasteiger partial charge in [-0.2, -0.15) is 5.26 Å². The van der Waals surface area contributed by atoms with E-state index in [9.17, 15) is 0 Å². The molecular weight excluding hydrogens is 254 g/mol. The fourth-order valence-electron chi connectivity index (χ4n) is 2.17. The van der Waals surface area contributed by atoms with Gasteiger partial charge in [-0.25, -0.2) is 0 Å². The fourth-order valence-corrected chi connectivity index (χ4v) is 2.17. The van der Waals surface area contributed by atoms with Crippen molar-refractivity contribution in [3.8, 4) is 11.8 Å². The maximum absolute atomic E-state index is 8.95. The molecule has 1 aliphatic rings. The van der Waals surface area contributed by atoms with Crippen molar-refractivity contribution in [3.05, 3.63) is 29.8 Å². The Morgan fingerprint density at radius 2 is 2.35 bits per heavy atom. The van der Waals surface area contributed by atoms with Gasteiger partial charge in [-0.1, -0.05) is 12.1 Å². The third-order valence-electron chi connectivity index (χ3n) is 3.26. The molecule has 1 N–H and O–H groups in total. The number of rotatable bonds is 6. The molecule has 1 aliphatic heterocycles. The number of para-hydroxylation sites is 1. The molecule has 0 bridgehead atoms. The van der Waals surface area contributed by atoms with E-state index in [4.69, 9.17) is 14.7 Å². The lowest BCUT2D eigenvalue weighted by Crippen LogP contribution is -2.45. The Morgan fingerprint density at radius 3 is 3.15 bits per heavy atom. The summed E-state index contributed by atoms with van der Waals surface area (Å²) in [6.07, 6.45) is 0.250. The van der Waals surface area contributed by atoms with Gasteiger partial charge in [-0.05, 0) is 19.2 Å². The molecule has 0 unspecified atom stereocenters. The van der Waals surface area contributed by atoms with E-state index in [1.165, 1.54) is 0 Å². The third kappa shape index (κ3) is 4.49. The monoisotopic (exact) mass is 275 g/mol. The standard InChI is InChI=1S/C15H21N3O2/c1-18-7-9-19-14(12-18)11-17-6-8-20-15-5-3-2-4-13(15)10-16/h2-5,14,17H,6-9,11-12H2,1H3/t14-/m0/s1. The second-order valence-electron chi connectivity index (χ2n) is 4.92. The van der Waals surface area contributed by atoms with Crippen LogP contribution >= 0.6 is 0 Å². The molecule has 0 amide bonds. The van der Waals surface area contributed by atoms with Crippen LogP contribution in [0.1, 0.15) is 5.56 Å². The van der Waals surface area contributed by atoms with E-state index in [2.05, 4.69) is 23.3 Å². The quantitative estimate of drug-likeness (QED) is 0.780. The van der Waals surface area contributed by atoms with Crippen molar-refractivity contribution in [1.82, 2.24) is 10.2 Å². The molecule has 0 aliphatic carbocycles. The van der Waals surface area contributed by atoms with Crippen LogP contribution in [-0.4, -0.2) is 57.4 Å². The number of hydrogen-bond donors (Lipinski definition) is 1. The van der Waals surface area contributed by atoms with Gasteiger partial charge in [0.05, 0.1) is 18.3 Å². The van der Waals surface area contributed by atoms with Crippen LogP contribution in [0.2, 0.25) is 0 Å². The van der Waals surface area contributed by atoms with Gasteiger partial charge in [0.25, 0.3) is 0 Å². The van der Waals surface area contributed by atoms with Crippen LogP contribution in [0.3, 0.4) is 0 Å². The Kier molecular flexibility index (Phi) is 5.81. The van der Waals surface area contributed by atoms with E-state index >= 15 is 0 Å². The van der Waals surface area contributed by atoms with Crippen LogP contribution < -0.4 is 10.1 Å². The van der Waals surface area contributed by atoms with Crippen LogP contribution in [0.4, 0.5) is 0 Å². The molecule has 2 rings (SSSR count). The number of hydrogen-bond acceptors (Lipinski definition) is 5. The number of likely N-dealkylation sites (N-methyl/N-ethyl adjacent to an activating group) is 1. The van der Waals surface area contributed by atoms with Crippen molar-refractivity contribution in [2.75, 3.05) is 46.4 Å². The SMILES string of the molecule is CN1CCO[C@@H](CNCCOc2ccccc2C#N)C1. The van der Waals surface area contributed by atoms with Crippen molar-refractivity contribution >= 4 is 0 Å². The maximum Gasteiger partial charge on any atom is 0.137 e. The molecular formula is C15H21N3O2. The van der Waals surface area contributed by atoms with E-state index in [1.54, 1.807) is 6.07 Å². The lowest BCUT2D eigenvalue weighted by molar-refractivity contribution is -0.0182. The fraction of sp³-hybridized carbons (Fsp3) is 0.533. The number of benzene rings is 1. The Labute approximate surface area is 120 Å². The first kappa shape index (κ1) is 14.8. The second kappa shape index (κ2) is 7.85. The zero-order valence-electron chi connectivity index (χ0n) is 11.8. The molecule has 0 radical (unpaired) electrons. The highest BCUT2D eigenvalue weighted by Crippen LogP contribution is 2.15. The lowest BCUT2D eigenvalue weighted by atomic mass is 10.2. The lowest BCUT2D eigenvalue weighted by Gasteiger charge is -2.30. The highest BCUT2D eigenvalue weighted by Gasteiger charge is 2.16. The molecule has 108 valence electrons. The second-order valence-corrected chi connectivity index (χ2v) is 4.92. The van der Waals surface area contributed by atoms with E-state index in [0.717, 1.165) is 32.8 Å². The van der Waals surface area contributed by atoms with E-state index in [0.29, 0.717) is 17.9 Å². The Balaban J connectivity index is 1.63. The average Bonchev–Trinajstić information content (AvgIpc) is 2.47. The van der Waals surface area contributed by atoms with Crippen molar-refractivity contribution in [1.29, 1.82) is 5.26 Å². The zero-order chi connectivity index (χ0) is 14.2. The molecule has 1 heterocycles. The first-order chi connectivity index (χ1) is 9.79. The summed E-state index contributed by atoms with van der Waals surface area (Å²) in [5.41, 5.74) is 0.574. The number of morpholine rings is 1. The van der Waals surface area contributed by atoms with Gasteiger partial charge in [0.2, 0.25) is 0 Å². The number of ether oxygens (including phenoxy) is 2. The zero-order valence-corrected chi connectivity index (χ0v) is 11.8. The smallest absolute Gasteiger partial charge is 0.137 e. The van der Waals surface area contributed by atoms with Crippen LogP contribution in [0, 0.1) is 11.3 Å². The summed E-state index contributed by atoms with van der Waals surface area (Å²) in [4.78, 5) is 2.27. The molecule has 1 fully saturated rings. The Morgan fingerprint density at radius 1 is 1.50 bits per heavy atom. The molecule has 1 saturated heterocycles. The number of nitrogens with zero attached hydrogens (tertiary/aromatic N) is 2. The topological polar surface area (TPSA) is 57.5 Å². The van der Waals surface area contributed by atoms with Crippen LogP contribution in [0.15, 0.2) is 24.3 Å². The minimum atomic E-state index is 0.250. The van der Waals surface area contributed by atoms with Gasteiger partial charge < -0.3 is 19.7 Å². The molecule has 1 aromatic carbocycles. The van der Waals surface area contributed by atoms with Gasteiger partial charge in [-0.15, -0.1) is 0 Å². The molecule has 0 aromatic heterocycles. The molecule has 1 aromatic rings. The molecule has 1 atom stereocenters. The minimum absolute atomic E-state index is 0.250. The third-order valence-corrected chi connectivity index (χ3v) is 3.26. The number of nitriles is 1. The first-order valence-electron chi connectivity index (χ1n) is 6.92. The summed E-state index contributed by atoms with van der Waals surface area (Å²) in [6.45, 7) is 4.88. The molecule has 20 heavy (non-hydrogen) atoms. The van der Waals surface area contributed by atoms with Crippen LogP contribution in [0.5, 0.6) is 5.75 Å². The Bertz CT molecular complexity index is 459.